The van der Waals surface area contributed by atoms with Gasteiger partial charge in [0.2, 0.25) is 11.8 Å². The van der Waals surface area contributed by atoms with Gasteiger partial charge >= 0.3 is 0 Å². The standard InChI is InChI=1S/C19H26N4O2/c1-19(2,3)16(21)18(25)23-8-6-13(7-9-23)15-10-12(11-20)4-5-14(15)17(22)24/h4-5,10,13,16H,6-9,21H2,1-3H3,(H2,22,24)/t16-/m1/s1. The fourth-order valence-electron chi connectivity index (χ4n) is 3.17. The SMILES string of the molecule is CC(C)(C)[C@H](N)C(=O)N1CCC(c2cc(C#N)ccc2C(N)=O)CC1. The topological polar surface area (TPSA) is 113 Å². The number of amides is 2. The molecule has 1 aliphatic heterocycles. The molecule has 0 radical (unpaired) electrons. The Balaban J connectivity index is 2.14. The van der Waals surface area contributed by atoms with E-state index in [9.17, 15) is 9.59 Å². The second-order valence-corrected chi connectivity index (χ2v) is 7.72. The Hall–Kier alpha value is -2.39. The molecule has 6 nitrogen and oxygen atoms in total. The average Bonchev–Trinajstić information content (AvgIpc) is 2.59. The van der Waals surface area contributed by atoms with E-state index in [1.807, 2.05) is 20.8 Å². The van der Waals surface area contributed by atoms with Crippen LogP contribution in [-0.2, 0) is 4.79 Å². The number of piperidine rings is 1. The first-order valence-corrected chi connectivity index (χ1v) is 8.53. The molecule has 0 aliphatic carbocycles. The number of carbonyl (C=O) groups is 2. The van der Waals surface area contributed by atoms with Crippen molar-refractivity contribution in [3.8, 4) is 6.07 Å². The molecule has 0 aromatic heterocycles. The van der Waals surface area contributed by atoms with E-state index in [0.29, 0.717) is 24.2 Å². The summed E-state index contributed by atoms with van der Waals surface area (Å²) in [5.41, 5.74) is 13.0. The van der Waals surface area contributed by atoms with Gasteiger partial charge in [0.1, 0.15) is 0 Å². The van der Waals surface area contributed by atoms with Crippen molar-refractivity contribution in [3.63, 3.8) is 0 Å². The Morgan fingerprint density at radius 3 is 2.36 bits per heavy atom. The van der Waals surface area contributed by atoms with Gasteiger partial charge in [-0.15, -0.1) is 0 Å². The lowest BCUT2D eigenvalue weighted by Crippen LogP contribution is -2.52. The predicted molar refractivity (Wildman–Crippen MR) is 95.7 cm³/mol. The van der Waals surface area contributed by atoms with Gasteiger partial charge in [0.05, 0.1) is 17.7 Å². The molecule has 0 unspecified atom stereocenters. The molecule has 25 heavy (non-hydrogen) atoms. The van der Waals surface area contributed by atoms with Gasteiger partial charge in [0, 0.05) is 18.7 Å². The van der Waals surface area contributed by atoms with Crippen LogP contribution in [0.4, 0.5) is 0 Å². The Labute approximate surface area is 148 Å². The van der Waals surface area contributed by atoms with Gasteiger partial charge in [-0.05, 0) is 47.9 Å². The molecule has 2 amide bonds. The number of primary amides is 1. The first kappa shape index (κ1) is 18.9. The van der Waals surface area contributed by atoms with Crippen LogP contribution in [0.25, 0.3) is 0 Å². The summed E-state index contributed by atoms with van der Waals surface area (Å²) in [5.74, 6) is -0.426. The van der Waals surface area contributed by atoms with Crippen molar-refractivity contribution < 1.29 is 9.59 Å². The minimum Gasteiger partial charge on any atom is -0.366 e. The Kier molecular flexibility index (Phi) is 5.48. The number of likely N-dealkylation sites (tertiary alicyclic amines) is 1. The van der Waals surface area contributed by atoms with Crippen LogP contribution in [0, 0.1) is 16.7 Å². The molecule has 1 fully saturated rings. The normalized spacial score (nSPS) is 17.0. The summed E-state index contributed by atoms with van der Waals surface area (Å²) in [6, 6.07) is 6.52. The van der Waals surface area contributed by atoms with Crippen LogP contribution in [-0.4, -0.2) is 35.8 Å². The molecule has 1 saturated heterocycles. The van der Waals surface area contributed by atoms with Gasteiger partial charge in [0.15, 0.2) is 0 Å². The number of hydrogen-bond donors (Lipinski definition) is 2. The minimum atomic E-state index is -0.535. The summed E-state index contributed by atoms with van der Waals surface area (Å²) in [6.45, 7) is 7.03. The first-order chi connectivity index (χ1) is 11.6. The number of nitriles is 1. The van der Waals surface area contributed by atoms with Gasteiger partial charge in [-0.3, -0.25) is 9.59 Å². The van der Waals surface area contributed by atoms with Crippen LogP contribution < -0.4 is 11.5 Å². The van der Waals surface area contributed by atoms with Crippen molar-refractivity contribution in [2.24, 2.45) is 16.9 Å². The molecule has 134 valence electrons. The number of carbonyl (C=O) groups excluding carboxylic acids is 2. The zero-order chi connectivity index (χ0) is 18.8. The monoisotopic (exact) mass is 342 g/mol. The maximum Gasteiger partial charge on any atom is 0.248 e. The molecule has 0 bridgehead atoms. The van der Waals surface area contributed by atoms with Gasteiger partial charge in [-0.2, -0.15) is 5.26 Å². The molecular formula is C19H26N4O2. The van der Waals surface area contributed by atoms with E-state index < -0.39 is 11.9 Å². The van der Waals surface area contributed by atoms with E-state index >= 15 is 0 Å². The van der Waals surface area contributed by atoms with Gasteiger partial charge in [-0.25, -0.2) is 0 Å². The van der Waals surface area contributed by atoms with Crippen molar-refractivity contribution in [1.82, 2.24) is 4.90 Å². The van der Waals surface area contributed by atoms with Crippen LogP contribution in [0.2, 0.25) is 0 Å². The third-order valence-corrected chi connectivity index (χ3v) is 4.89. The van der Waals surface area contributed by atoms with Crippen molar-refractivity contribution in [2.75, 3.05) is 13.1 Å². The highest BCUT2D eigenvalue weighted by Gasteiger charge is 2.33. The lowest BCUT2D eigenvalue weighted by molar-refractivity contribution is -0.136. The molecule has 2 rings (SSSR count). The van der Waals surface area contributed by atoms with Gasteiger partial charge in [-0.1, -0.05) is 20.8 Å². The minimum absolute atomic E-state index is 0.0353. The molecule has 4 N–H and O–H groups in total. The maximum absolute atomic E-state index is 12.5. The summed E-state index contributed by atoms with van der Waals surface area (Å²) in [5, 5.41) is 9.11. The number of benzene rings is 1. The summed E-state index contributed by atoms with van der Waals surface area (Å²) in [7, 11) is 0. The van der Waals surface area contributed by atoms with E-state index in [2.05, 4.69) is 6.07 Å². The summed E-state index contributed by atoms with van der Waals surface area (Å²) >= 11 is 0. The Morgan fingerprint density at radius 2 is 1.88 bits per heavy atom. The molecule has 1 aromatic carbocycles. The zero-order valence-electron chi connectivity index (χ0n) is 15.1. The fourth-order valence-corrected chi connectivity index (χ4v) is 3.17. The summed E-state index contributed by atoms with van der Waals surface area (Å²) in [4.78, 5) is 26.0. The predicted octanol–water partition coefficient (Wildman–Crippen LogP) is 1.74. The van der Waals surface area contributed by atoms with Crippen LogP contribution in [0.3, 0.4) is 0 Å². The van der Waals surface area contributed by atoms with E-state index in [1.54, 1.807) is 23.1 Å². The fraction of sp³-hybridized carbons (Fsp3) is 0.526. The van der Waals surface area contributed by atoms with Crippen LogP contribution >= 0.6 is 0 Å². The summed E-state index contributed by atoms with van der Waals surface area (Å²) in [6.07, 6.45) is 1.44. The van der Waals surface area contributed by atoms with Crippen LogP contribution in [0.1, 0.15) is 61.0 Å². The maximum atomic E-state index is 12.5. The van der Waals surface area contributed by atoms with Crippen LogP contribution in [0.15, 0.2) is 18.2 Å². The zero-order valence-corrected chi connectivity index (χ0v) is 15.1. The highest BCUT2D eigenvalue weighted by atomic mass is 16.2. The van der Waals surface area contributed by atoms with Crippen LogP contribution in [0.5, 0.6) is 0 Å². The molecule has 1 atom stereocenters. The van der Waals surface area contributed by atoms with E-state index in [-0.39, 0.29) is 17.2 Å². The molecule has 1 heterocycles. The van der Waals surface area contributed by atoms with E-state index in [1.165, 1.54) is 0 Å². The van der Waals surface area contributed by atoms with Gasteiger partial charge in [0.25, 0.3) is 0 Å². The third-order valence-electron chi connectivity index (χ3n) is 4.89. The van der Waals surface area contributed by atoms with E-state index in [0.717, 1.165) is 18.4 Å². The Bertz CT molecular complexity index is 707. The largest absolute Gasteiger partial charge is 0.366 e. The lowest BCUT2D eigenvalue weighted by atomic mass is 9.83. The molecule has 1 aromatic rings. The smallest absolute Gasteiger partial charge is 0.248 e. The lowest BCUT2D eigenvalue weighted by Gasteiger charge is -2.37. The first-order valence-electron chi connectivity index (χ1n) is 8.53. The second kappa shape index (κ2) is 7.24. The molecule has 0 saturated carbocycles. The summed E-state index contributed by atoms with van der Waals surface area (Å²) < 4.78 is 0. The molecular weight excluding hydrogens is 316 g/mol. The van der Waals surface area contributed by atoms with Crippen molar-refractivity contribution in [1.29, 1.82) is 5.26 Å². The highest BCUT2D eigenvalue weighted by Crippen LogP contribution is 2.32. The number of hydrogen-bond acceptors (Lipinski definition) is 4. The number of nitrogens with zero attached hydrogens (tertiary/aromatic N) is 2. The second-order valence-electron chi connectivity index (χ2n) is 7.72. The van der Waals surface area contributed by atoms with Crippen molar-refractivity contribution in [2.45, 2.75) is 45.6 Å². The van der Waals surface area contributed by atoms with Gasteiger partial charge < -0.3 is 16.4 Å². The van der Waals surface area contributed by atoms with Crippen molar-refractivity contribution in [3.05, 3.63) is 34.9 Å². The molecule has 6 heteroatoms. The highest BCUT2D eigenvalue weighted by molar-refractivity contribution is 5.94. The Morgan fingerprint density at radius 1 is 1.28 bits per heavy atom. The third kappa shape index (κ3) is 4.18. The number of rotatable bonds is 3. The van der Waals surface area contributed by atoms with Crippen molar-refractivity contribution >= 4 is 11.8 Å². The average molecular weight is 342 g/mol. The van der Waals surface area contributed by atoms with E-state index in [4.69, 9.17) is 16.7 Å². The molecule has 0 spiro atoms. The quantitative estimate of drug-likeness (QED) is 0.871. The molecule has 1 aliphatic rings. The number of nitrogens with two attached hydrogens (primary N) is 2.